The average molecular weight is 620 g/mol. The summed E-state index contributed by atoms with van der Waals surface area (Å²) in [6.45, 7) is 2.14. The van der Waals surface area contributed by atoms with Crippen LogP contribution in [0.25, 0.3) is 0 Å². The lowest BCUT2D eigenvalue weighted by Gasteiger charge is -2.39. The lowest BCUT2D eigenvalue weighted by Crippen LogP contribution is -2.55. The normalized spacial score (nSPS) is 19.6. The first-order chi connectivity index (χ1) is 20.6. The summed E-state index contributed by atoms with van der Waals surface area (Å²) in [7, 11) is 3.50. The molecule has 2 atom stereocenters. The van der Waals surface area contributed by atoms with E-state index in [2.05, 4.69) is 35.7 Å². The molecule has 16 heteroatoms. The maximum atomic E-state index is 15.0. The second-order valence-electron chi connectivity index (χ2n) is 10.6. The predicted octanol–water partition coefficient (Wildman–Crippen LogP) is 3.92. The molecular weight excluding hydrogens is 587 g/mol. The van der Waals surface area contributed by atoms with Crippen molar-refractivity contribution < 1.29 is 27.5 Å². The Balaban J connectivity index is 1.16. The molecule has 230 valence electrons. The Morgan fingerprint density at radius 1 is 1.09 bits per heavy atom. The van der Waals surface area contributed by atoms with Crippen LogP contribution in [0, 0.1) is 11.6 Å². The molecule has 2 aliphatic heterocycles. The van der Waals surface area contributed by atoms with E-state index in [1.165, 1.54) is 30.3 Å². The quantitative estimate of drug-likeness (QED) is 0.404. The second kappa shape index (κ2) is 13.5. The van der Waals surface area contributed by atoms with Crippen LogP contribution >= 0.6 is 11.3 Å². The summed E-state index contributed by atoms with van der Waals surface area (Å²) in [6, 6.07) is 3.30. The van der Waals surface area contributed by atoms with Crippen LogP contribution in [-0.4, -0.2) is 101 Å². The SMILES string of the molecule is CN1CCC(OC(=O)Nc2ccnc(N3CC[C@@H](F)[C@@H](N(C)C(=O)Nc4nnc(Cc5cc(F)cc(F)c5)s4)C3)n2)CC1. The average Bonchev–Trinajstić information content (AvgIpc) is 3.40. The van der Waals surface area contributed by atoms with E-state index in [9.17, 15) is 18.4 Å². The third kappa shape index (κ3) is 8.07. The van der Waals surface area contributed by atoms with Crippen LogP contribution in [-0.2, 0) is 11.2 Å². The van der Waals surface area contributed by atoms with E-state index in [0.29, 0.717) is 17.1 Å². The summed E-state index contributed by atoms with van der Waals surface area (Å²) in [4.78, 5) is 39.3. The molecular formula is C27H32F3N9O3S. The van der Waals surface area contributed by atoms with E-state index < -0.39 is 36.0 Å². The van der Waals surface area contributed by atoms with E-state index in [4.69, 9.17) is 4.74 Å². The number of halogens is 3. The van der Waals surface area contributed by atoms with Gasteiger partial charge in [-0.25, -0.2) is 27.7 Å². The number of urea groups is 1. The van der Waals surface area contributed by atoms with Gasteiger partial charge in [-0.2, -0.15) is 4.98 Å². The van der Waals surface area contributed by atoms with Gasteiger partial charge in [0.15, 0.2) is 0 Å². The largest absolute Gasteiger partial charge is 0.446 e. The Kier molecular flexibility index (Phi) is 9.55. The fourth-order valence-electron chi connectivity index (χ4n) is 5.00. The molecule has 2 saturated heterocycles. The van der Waals surface area contributed by atoms with E-state index in [1.54, 1.807) is 11.0 Å². The molecule has 0 aliphatic carbocycles. The van der Waals surface area contributed by atoms with Gasteiger partial charge < -0.3 is 19.4 Å². The van der Waals surface area contributed by atoms with Crippen molar-refractivity contribution in [3.63, 3.8) is 0 Å². The van der Waals surface area contributed by atoms with E-state index in [-0.39, 0.29) is 42.4 Å². The Hall–Kier alpha value is -4.05. The van der Waals surface area contributed by atoms with Crippen molar-refractivity contribution in [2.75, 3.05) is 55.8 Å². The van der Waals surface area contributed by atoms with Crippen LogP contribution < -0.4 is 15.5 Å². The molecule has 2 aromatic heterocycles. The van der Waals surface area contributed by atoms with E-state index in [1.807, 2.05) is 7.05 Å². The lowest BCUT2D eigenvalue weighted by molar-refractivity contribution is 0.0661. The van der Waals surface area contributed by atoms with Gasteiger partial charge in [0.25, 0.3) is 0 Å². The zero-order valence-corrected chi connectivity index (χ0v) is 24.5. The molecule has 0 bridgehead atoms. The van der Waals surface area contributed by atoms with Crippen LogP contribution in [0.2, 0.25) is 0 Å². The number of nitrogens with one attached hydrogen (secondary N) is 2. The maximum Gasteiger partial charge on any atom is 0.413 e. The standard InChI is InChI=1S/C27H32F3N9O3S/c1-37-8-4-19(5-9-37)42-27(41)33-22-3-7-31-24(32-22)39-10-6-20(30)21(15-39)38(2)26(40)34-25-36-35-23(43-25)13-16-11-17(28)14-18(29)12-16/h3,7,11-12,14,19-21H,4-6,8-10,13,15H2,1-2H3,(H,34,36,40)(H,31,32,33,41)/t20-,21+/m1/s1. The molecule has 5 rings (SSSR count). The fraction of sp³-hybridized carbons (Fsp3) is 0.481. The van der Waals surface area contributed by atoms with Crippen LogP contribution in [0.5, 0.6) is 0 Å². The minimum absolute atomic E-state index is 0.112. The van der Waals surface area contributed by atoms with Gasteiger partial charge in [0.2, 0.25) is 11.1 Å². The molecule has 3 aromatic rings. The van der Waals surface area contributed by atoms with Crippen LogP contribution in [0.4, 0.5) is 39.7 Å². The minimum atomic E-state index is -1.30. The highest BCUT2D eigenvalue weighted by Gasteiger charge is 2.35. The number of ether oxygens (including phenoxy) is 1. The van der Waals surface area contributed by atoms with Crippen molar-refractivity contribution in [2.45, 2.75) is 44.0 Å². The first-order valence-corrected chi connectivity index (χ1v) is 14.6. The van der Waals surface area contributed by atoms with Gasteiger partial charge in [0.1, 0.15) is 34.7 Å². The molecule has 0 saturated carbocycles. The molecule has 2 aliphatic rings. The van der Waals surface area contributed by atoms with Crippen molar-refractivity contribution in [1.82, 2.24) is 30.0 Å². The molecule has 0 unspecified atom stereocenters. The molecule has 1 aromatic carbocycles. The summed E-state index contributed by atoms with van der Waals surface area (Å²) in [5.74, 6) is -0.863. The maximum absolute atomic E-state index is 15.0. The number of rotatable bonds is 7. The summed E-state index contributed by atoms with van der Waals surface area (Å²) in [5.41, 5.74) is 0.377. The van der Waals surface area contributed by atoms with Crippen molar-refractivity contribution in [3.05, 3.63) is 52.7 Å². The zero-order valence-electron chi connectivity index (χ0n) is 23.7. The first-order valence-electron chi connectivity index (χ1n) is 13.8. The number of hydrogen-bond donors (Lipinski definition) is 2. The Bertz CT molecular complexity index is 1420. The highest BCUT2D eigenvalue weighted by Crippen LogP contribution is 2.25. The predicted molar refractivity (Wildman–Crippen MR) is 154 cm³/mol. The number of amides is 3. The number of alkyl halides is 1. The van der Waals surface area contributed by atoms with Crippen molar-refractivity contribution >= 4 is 40.4 Å². The number of piperidine rings is 2. The number of aromatic nitrogens is 4. The van der Waals surface area contributed by atoms with Gasteiger partial charge >= 0.3 is 12.1 Å². The highest BCUT2D eigenvalue weighted by atomic mass is 32.1. The Morgan fingerprint density at radius 2 is 1.84 bits per heavy atom. The second-order valence-corrected chi connectivity index (χ2v) is 11.7. The summed E-state index contributed by atoms with van der Waals surface area (Å²) in [5, 5.41) is 13.8. The molecule has 43 heavy (non-hydrogen) atoms. The van der Waals surface area contributed by atoms with Crippen LogP contribution in [0.15, 0.2) is 30.5 Å². The van der Waals surface area contributed by atoms with Crippen molar-refractivity contribution in [2.24, 2.45) is 0 Å². The highest BCUT2D eigenvalue weighted by molar-refractivity contribution is 7.15. The lowest BCUT2D eigenvalue weighted by atomic mass is 10.0. The molecule has 4 heterocycles. The third-order valence-electron chi connectivity index (χ3n) is 7.37. The molecule has 2 N–H and O–H groups in total. The minimum Gasteiger partial charge on any atom is -0.446 e. The summed E-state index contributed by atoms with van der Waals surface area (Å²) >= 11 is 1.05. The first kappa shape index (κ1) is 30.4. The molecule has 0 spiro atoms. The number of carbonyl (C=O) groups is 2. The molecule has 0 radical (unpaired) electrons. The fourth-order valence-corrected chi connectivity index (χ4v) is 5.77. The van der Waals surface area contributed by atoms with Crippen molar-refractivity contribution in [3.8, 4) is 0 Å². The smallest absolute Gasteiger partial charge is 0.413 e. The third-order valence-corrected chi connectivity index (χ3v) is 8.21. The summed E-state index contributed by atoms with van der Waals surface area (Å²) in [6.07, 6.45) is 1.22. The number of likely N-dealkylation sites (tertiary alicyclic amines) is 1. The number of anilines is 3. The number of likely N-dealkylation sites (N-methyl/N-ethyl adjacent to an activating group) is 1. The topological polar surface area (TPSA) is 129 Å². The van der Waals surface area contributed by atoms with Gasteiger partial charge in [0, 0.05) is 51.9 Å². The van der Waals surface area contributed by atoms with Gasteiger partial charge in [-0.05, 0) is 50.1 Å². The summed E-state index contributed by atoms with van der Waals surface area (Å²) < 4.78 is 47.6. The number of carbonyl (C=O) groups excluding carboxylic acids is 2. The van der Waals surface area contributed by atoms with Gasteiger partial charge in [-0.15, -0.1) is 10.2 Å². The molecule has 12 nitrogen and oxygen atoms in total. The van der Waals surface area contributed by atoms with Crippen LogP contribution in [0.3, 0.4) is 0 Å². The monoisotopic (exact) mass is 619 g/mol. The Morgan fingerprint density at radius 3 is 2.58 bits per heavy atom. The molecule has 2 fully saturated rings. The van der Waals surface area contributed by atoms with Crippen LogP contribution in [0.1, 0.15) is 29.8 Å². The number of benzene rings is 1. The molecule has 3 amide bonds. The van der Waals surface area contributed by atoms with Gasteiger partial charge in [-0.3, -0.25) is 10.6 Å². The van der Waals surface area contributed by atoms with Gasteiger partial charge in [-0.1, -0.05) is 11.3 Å². The van der Waals surface area contributed by atoms with E-state index in [0.717, 1.165) is 43.3 Å². The number of hydrogen-bond acceptors (Lipinski definition) is 10. The van der Waals surface area contributed by atoms with Gasteiger partial charge in [0.05, 0.1) is 6.04 Å². The number of nitrogens with zero attached hydrogens (tertiary/aromatic N) is 7. The Labute approximate surface area is 250 Å². The van der Waals surface area contributed by atoms with E-state index >= 15 is 4.39 Å². The zero-order chi connectivity index (χ0) is 30.5. The van der Waals surface area contributed by atoms with Crippen molar-refractivity contribution in [1.29, 1.82) is 0 Å².